The number of benzene rings is 1. The summed E-state index contributed by atoms with van der Waals surface area (Å²) in [4.78, 5) is 5.14. The molecule has 0 bridgehead atoms. The number of alkyl halides is 1. The third kappa shape index (κ3) is 2.37. The van der Waals surface area contributed by atoms with Gasteiger partial charge in [0.2, 0.25) is 0 Å². The summed E-state index contributed by atoms with van der Waals surface area (Å²) in [7, 11) is 0. The first-order chi connectivity index (χ1) is 8.33. The van der Waals surface area contributed by atoms with Crippen LogP contribution in [-0.4, -0.2) is 9.81 Å². The Kier molecular flexibility index (Phi) is 3.15. The second-order valence-electron chi connectivity index (χ2n) is 4.92. The fraction of sp³-hybridized carbons (Fsp3) is 0.400. The van der Waals surface area contributed by atoms with E-state index in [0.717, 1.165) is 5.52 Å². The van der Waals surface area contributed by atoms with Crippen molar-refractivity contribution in [1.29, 1.82) is 0 Å². The fourth-order valence-electron chi connectivity index (χ4n) is 2.77. The summed E-state index contributed by atoms with van der Waals surface area (Å²) in [6.07, 6.45) is 7.11. The van der Waals surface area contributed by atoms with E-state index >= 15 is 0 Å². The smallest absolute Gasteiger partial charge is 0.0704 e. The monoisotopic (exact) mass is 289 g/mol. The Morgan fingerprint density at radius 1 is 1.18 bits per heavy atom. The number of halogens is 1. The number of pyridine rings is 1. The molecule has 1 aliphatic rings. The molecular weight excluding hydrogens is 274 g/mol. The van der Waals surface area contributed by atoms with Crippen LogP contribution in [0.25, 0.3) is 10.9 Å². The first kappa shape index (κ1) is 11.2. The van der Waals surface area contributed by atoms with Crippen molar-refractivity contribution in [2.24, 2.45) is 0 Å². The van der Waals surface area contributed by atoms with Crippen molar-refractivity contribution in [1.82, 2.24) is 4.98 Å². The summed E-state index contributed by atoms with van der Waals surface area (Å²) in [6, 6.07) is 10.9. The van der Waals surface area contributed by atoms with Gasteiger partial charge in [-0.1, -0.05) is 40.5 Å². The number of rotatable bonds is 1. The molecule has 88 valence electrons. The molecule has 2 aromatic rings. The van der Waals surface area contributed by atoms with Gasteiger partial charge in [0, 0.05) is 16.4 Å². The molecule has 0 aliphatic heterocycles. The number of hydrogen-bond acceptors (Lipinski definition) is 1. The van der Waals surface area contributed by atoms with E-state index < -0.39 is 0 Å². The lowest BCUT2D eigenvalue weighted by atomic mass is 9.84. The van der Waals surface area contributed by atoms with Crippen LogP contribution in [0.15, 0.2) is 36.5 Å². The summed E-state index contributed by atoms with van der Waals surface area (Å²) >= 11 is 3.76. The first-order valence-corrected chi connectivity index (χ1v) is 7.23. The molecular formula is C15H16BrN. The van der Waals surface area contributed by atoms with Gasteiger partial charge in [0.15, 0.2) is 0 Å². The zero-order valence-corrected chi connectivity index (χ0v) is 11.4. The molecule has 1 fully saturated rings. The molecule has 0 amide bonds. The molecule has 2 atom stereocenters. The normalized spacial score (nSPS) is 25.0. The highest BCUT2D eigenvalue weighted by atomic mass is 79.9. The van der Waals surface area contributed by atoms with Crippen molar-refractivity contribution >= 4 is 26.8 Å². The molecule has 1 aliphatic carbocycles. The molecule has 0 saturated heterocycles. The third-order valence-corrected chi connectivity index (χ3v) is 4.54. The number of hydrogen-bond donors (Lipinski definition) is 0. The number of fused-ring (bicyclic) bond motifs is 1. The molecule has 2 heteroatoms. The van der Waals surface area contributed by atoms with E-state index in [-0.39, 0.29) is 0 Å². The van der Waals surface area contributed by atoms with Gasteiger partial charge in [0.05, 0.1) is 5.52 Å². The molecule has 0 spiro atoms. The van der Waals surface area contributed by atoms with Crippen molar-refractivity contribution in [3.63, 3.8) is 0 Å². The average molecular weight is 290 g/mol. The van der Waals surface area contributed by atoms with Gasteiger partial charge in [0.25, 0.3) is 0 Å². The van der Waals surface area contributed by atoms with Crippen LogP contribution >= 0.6 is 15.9 Å². The summed E-state index contributed by atoms with van der Waals surface area (Å²) in [5.41, 5.74) is 2.59. The van der Waals surface area contributed by atoms with Crippen LogP contribution in [0, 0.1) is 0 Å². The van der Waals surface area contributed by atoms with Gasteiger partial charge >= 0.3 is 0 Å². The van der Waals surface area contributed by atoms with Crippen LogP contribution in [0.5, 0.6) is 0 Å². The molecule has 0 radical (unpaired) electrons. The summed E-state index contributed by atoms with van der Waals surface area (Å²) in [6.45, 7) is 0. The lowest BCUT2D eigenvalue weighted by Gasteiger charge is -2.26. The highest BCUT2D eigenvalue weighted by Crippen LogP contribution is 2.36. The maximum atomic E-state index is 4.44. The Morgan fingerprint density at radius 2 is 2.12 bits per heavy atom. The van der Waals surface area contributed by atoms with Crippen LogP contribution in [0.4, 0.5) is 0 Å². The zero-order chi connectivity index (χ0) is 11.7. The molecule has 17 heavy (non-hydrogen) atoms. The third-order valence-electron chi connectivity index (χ3n) is 3.71. The van der Waals surface area contributed by atoms with Crippen LogP contribution in [0.1, 0.15) is 37.2 Å². The SMILES string of the molecule is BrC1CCCC(c2ccc3cccnc3c2)C1. The molecule has 1 aromatic heterocycles. The highest BCUT2D eigenvalue weighted by Gasteiger charge is 2.21. The van der Waals surface area contributed by atoms with Crippen molar-refractivity contribution in [3.8, 4) is 0 Å². The molecule has 1 nitrogen and oxygen atoms in total. The molecule has 0 N–H and O–H groups in total. The van der Waals surface area contributed by atoms with E-state index in [1.54, 1.807) is 0 Å². The van der Waals surface area contributed by atoms with E-state index in [1.165, 1.54) is 36.6 Å². The predicted molar refractivity (Wildman–Crippen MR) is 75.7 cm³/mol. The van der Waals surface area contributed by atoms with E-state index in [1.807, 2.05) is 12.3 Å². The maximum Gasteiger partial charge on any atom is 0.0704 e. The van der Waals surface area contributed by atoms with Crippen LogP contribution in [0.3, 0.4) is 0 Å². The first-order valence-electron chi connectivity index (χ1n) is 6.32. The van der Waals surface area contributed by atoms with E-state index in [9.17, 15) is 0 Å². The van der Waals surface area contributed by atoms with Crippen molar-refractivity contribution in [3.05, 3.63) is 42.1 Å². The maximum absolute atomic E-state index is 4.44. The Labute approximate surface area is 110 Å². The Morgan fingerprint density at radius 3 is 3.00 bits per heavy atom. The minimum Gasteiger partial charge on any atom is -0.256 e. The van der Waals surface area contributed by atoms with Crippen molar-refractivity contribution < 1.29 is 0 Å². The van der Waals surface area contributed by atoms with Gasteiger partial charge in [-0.3, -0.25) is 4.98 Å². The van der Waals surface area contributed by atoms with Crippen LogP contribution in [-0.2, 0) is 0 Å². The van der Waals surface area contributed by atoms with Gasteiger partial charge in [0.1, 0.15) is 0 Å². The molecule has 2 unspecified atom stereocenters. The van der Waals surface area contributed by atoms with E-state index in [4.69, 9.17) is 0 Å². The molecule has 3 rings (SSSR count). The Bertz CT molecular complexity index is 523. The highest BCUT2D eigenvalue weighted by molar-refractivity contribution is 9.09. The summed E-state index contributed by atoms with van der Waals surface area (Å²) in [5.74, 6) is 0.708. The van der Waals surface area contributed by atoms with Gasteiger partial charge in [-0.05, 0) is 42.9 Å². The van der Waals surface area contributed by atoms with Gasteiger partial charge in [-0.2, -0.15) is 0 Å². The van der Waals surface area contributed by atoms with E-state index in [0.29, 0.717) is 10.7 Å². The molecule has 1 saturated carbocycles. The second kappa shape index (κ2) is 4.77. The lowest BCUT2D eigenvalue weighted by Crippen LogP contribution is -2.13. The Balaban J connectivity index is 1.94. The Hall–Kier alpha value is -0.890. The quantitative estimate of drug-likeness (QED) is 0.696. The predicted octanol–water partition coefficient (Wildman–Crippen LogP) is 4.66. The standard InChI is InChI=1S/C15H16BrN/c16-14-5-1-3-12(9-14)13-7-6-11-4-2-8-17-15(11)10-13/h2,4,6-8,10,12,14H,1,3,5,9H2. The lowest BCUT2D eigenvalue weighted by molar-refractivity contribution is 0.458. The van der Waals surface area contributed by atoms with Crippen molar-refractivity contribution in [2.75, 3.05) is 0 Å². The summed E-state index contributed by atoms with van der Waals surface area (Å²) in [5, 5.41) is 1.24. The average Bonchev–Trinajstić information content (AvgIpc) is 2.38. The summed E-state index contributed by atoms with van der Waals surface area (Å²) < 4.78 is 0. The van der Waals surface area contributed by atoms with Crippen LogP contribution in [0.2, 0.25) is 0 Å². The number of aromatic nitrogens is 1. The largest absolute Gasteiger partial charge is 0.256 e. The minimum absolute atomic E-state index is 0.695. The second-order valence-corrected chi connectivity index (χ2v) is 6.21. The molecule has 1 heterocycles. The fourth-order valence-corrected chi connectivity index (χ4v) is 3.55. The van der Waals surface area contributed by atoms with Gasteiger partial charge < -0.3 is 0 Å². The zero-order valence-electron chi connectivity index (χ0n) is 9.77. The minimum atomic E-state index is 0.695. The van der Waals surface area contributed by atoms with E-state index in [2.05, 4.69) is 45.2 Å². The van der Waals surface area contributed by atoms with Crippen LogP contribution < -0.4 is 0 Å². The van der Waals surface area contributed by atoms with Gasteiger partial charge in [-0.25, -0.2) is 0 Å². The van der Waals surface area contributed by atoms with Gasteiger partial charge in [-0.15, -0.1) is 0 Å². The number of nitrogens with zero attached hydrogens (tertiary/aromatic N) is 1. The van der Waals surface area contributed by atoms with Crippen molar-refractivity contribution in [2.45, 2.75) is 36.4 Å². The topological polar surface area (TPSA) is 12.9 Å². The molecule has 1 aromatic carbocycles.